The third-order valence-electron chi connectivity index (χ3n) is 3.33. The summed E-state index contributed by atoms with van der Waals surface area (Å²) in [6, 6.07) is 10.2. The van der Waals surface area contributed by atoms with Gasteiger partial charge in [-0.2, -0.15) is 0 Å². The van der Waals surface area contributed by atoms with Crippen LogP contribution in [0.4, 0.5) is 8.78 Å². The Morgan fingerprint density at radius 1 is 1.15 bits per heavy atom. The molecule has 1 unspecified atom stereocenters. The first-order chi connectivity index (χ1) is 9.51. The molecule has 1 nitrogen and oxygen atoms in total. The Hall–Kier alpha value is -1.26. The van der Waals surface area contributed by atoms with E-state index in [2.05, 4.69) is 21.2 Å². The van der Waals surface area contributed by atoms with E-state index in [9.17, 15) is 8.78 Å². The van der Waals surface area contributed by atoms with Crippen molar-refractivity contribution < 1.29 is 8.78 Å². The summed E-state index contributed by atoms with van der Waals surface area (Å²) in [6.45, 7) is 1.64. The fourth-order valence-electron chi connectivity index (χ4n) is 2.21. The molecule has 2 aromatic rings. The van der Waals surface area contributed by atoms with Crippen molar-refractivity contribution in [3.63, 3.8) is 0 Å². The zero-order chi connectivity index (χ0) is 14.7. The summed E-state index contributed by atoms with van der Waals surface area (Å²) in [5, 5.41) is 3.10. The topological polar surface area (TPSA) is 12.0 Å². The molecule has 0 bridgehead atoms. The van der Waals surface area contributed by atoms with Crippen LogP contribution in [0.1, 0.15) is 22.7 Å². The van der Waals surface area contributed by atoms with Crippen molar-refractivity contribution in [3.8, 4) is 0 Å². The van der Waals surface area contributed by atoms with E-state index >= 15 is 0 Å². The summed E-state index contributed by atoms with van der Waals surface area (Å²) in [5.74, 6) is -1.02. The molecule has 0 spiro atoms. The highest BCUT2D eigenvalue weighted by molar-refractivity contribution is 9.10. The molecule has 0 fully saturated rings. The minimum atomic E-state index is -0.512. The van der Waals surface area contributed by atoms with E-state index in [1.807, 2.05) is 24.3 Å². The normalized spacial score (nSPS) is 12.4. The van der Waals surface area contributed by atoms with E-state index in [0.29, 0.717) is 17.5 Å². The molecule has 1 N–H and O–H groups in total. The van der Waals surface area contributed by atoms with E-state index in [1.54, 1.807) is 20.0 Å². The van der Waals surface area contributed by atoms with Crippen LogP contribution in [0.25, 0.3) is 0 Å². The number of likely N-dealkylation sites (N-methyl/N-ethyl adjacent to an activating group) is 1. The van der Waals surface area contributed by atoms with Gasteiger partial charge >= 0.3 is 0 Å². The van der Waals surface area contributed by atoms with E-state index in [0.717, 1.165) is 16.1 Å². The van der Waals surface area contributed by atoms with Crippen LogP contribution in [-0.4, -0.2) is 7.05 Å². The van der Waals surface area contributed by atoms with Gasteiger partial charge in [0.2, 0.25) is 0 Å². The third kappa shape index (κ3) is 3.44. The summed E-state index contributed by atoms with van der Waals surface area (Å²) in [7, 11) is 1.78. The molecule has 0 amide bonds. The van der Waals surface area contributed by atoms with Crippen molar-refractivity contribution in [1.29, 1.82) is 0 Å². The maximum Gasteiger partial charge on any atom is 0.130 e. The largest absolute Gasteiger partial charge is 0.313 e. The van der Waals surface area contributed by atoms with E-state index in [4.69, 9.17) is 0 Å². The van der Waals surface area contributed by atoms with Gasteiger partial charge < -0.3 is 5.32 Å². The van der Waals surface area contributed by atoms with Gasteiger partial charge in [0, 0.05) is 22.1 Å². The number of nitrogens with one attached hydrogen (secondary N) is 1. The van der Waals surface area contributed by atoms with Crippen LogP contribution in [0.5, 0.6) is 0 Å². The van der Waals surface area contributed by atoms with Gasteiger partial charge in [-0.25, -0.2) is 8.78 Å². The van der Waals surface area contributed by atoms with Crippen LogP contribution in [-0.2, 0) is 6.42 Å². The predicted octanol–water partition coefficient (Wildman–Crippen LogP) is 4.54. The minimum Gasteiger partial charge on any atom is -0.313 e. The SMILES string of the molecule is CNC(Cc1cccc(Br)c1)c1cc(C)c(F)cc1F. The molecule has 0 saturated heterocycles. The van der Waals surface area contributed by atoms with Gasteiger partial charge in [-0.15, -0.1) is 0 Å². The number of rotatable bonds is 4. The summed E-state index contributed by atoms with van der Waals surface area (Å²) in [5.41, 5.74) is 2.03. The van der Waals surface area contributed by atoms with Crippen molar-refractivity contribution >= 4 is 15.9 Å². The second-order valence-corrected chi connectivity index (χ2v) is 5.71. The number of halogens is 3. The number of benzene rings is 2. The van der Waals surface area contributed by atoms with Crippen LogP contribution in [0, 0.1) is 18.6 Å². The molecule has 0 aliphatic carbocycles. The Bertz CT molecular complexity index is 613. The predicted molar refractivity (Wildman–Crippen MR) is 80.7 cm³/mol. The fourth-order valence-corrected chi connectivity index (χ4v) is 2.66. The van der Waals surface area contributed by atoms with Crippen molar-refractivity contribution in [1.82, 2.24) is 5.32 Å². The molecule has 0 heterocycles. The Morgan fingerprint density at radius 3 is 2.55 bits per heavy atom. The van der Waals surface area contributed by atoms with Gasteiger partial charge in [0.1, 0.15) is 11.6 Å². The lowest BCUT2D eigenvalue weighted by molar-refractivity contribution is 0.519. The fraction of sp³-hybridized carbons (Fsp3) is 0.250. The Balaban J connectivity index is 2.31. The van der Waals surface area contributed by atoms with Crippen molar-refractivity contribution in [3.05, 3.63) is 69.2 Å². The van der Waals surface area contributed by atoms with Crippen molar-refractivity contribution in [2.24, 2.45) is 0 Å². The molecule has 2 rings (SSSR count). The molecule has 0 aromatic heterocycles. The molecule has 4 heteroatoms. The monoisotopic (exact) mass is 339 g/mol. The summed E-state index contributed by atoms with van der Waals surface area (Å²) in [6.07, 6.45) is 0.637. The van der Waals surface area contributed by atoms with Gasteiger partial charge in [-0.05, 0) is 49.7 Å². The molecule has 0 radical (unpaired) electrons. The van der Waals surface area contributed by atoms with Gasteiger partial charge in [0.05, 0.1) is 0 Å². The standard InChI is InChI=1S/C16H16BrF2N/c1-10-6-13(15(19)9-14(10)18)16(20-2)8-11-4-3-5-12(17)7-11/h3-7,9,16,20H,8H2,1-2H3. The molecule has 106 valence electrons. The van der Waals surface area contributed by atoms with Gasteiger partial charge in [0.15, 0.2) is 0 Å². The summed E-state index contributed by atoms with van der Waals surface area (Å²) >= 11 is 3.42. The number of hydrogen-bond acceptors (Lipinski definition) is 1. The maximum absolute atomic E-state index is 14.0. The smallest absolute Gasteiger partial charge is 0.130 e. The highest BCUT2D eigenvalue weighted by atomic mass is 79.9. The van der Waals surface area contributed by atoms with Gasteiger partial charge in [-0.3, -0.25) is 0 Å². The van der Waals surface area contributed by atoms with Crippen LogP contribution in [0.3, 0.4) is 0 Å². The van der Waals surface area contributed by atoms with Gasteiger partial charge in [-0.1, -0.05) is 28.1 Å². The third-order valence-corrected chi connectivity index (χ3v) is 3.82. The van der Waals surface area contributed by atoms with Crippen LogP contribution in [0.2, 0.25) is 0 Å². The lowest BCUT2D eigenvalue weighted by Crippen LogP contribution is -2.20. The van der Waals surface area contributed by atoms with Crippen molar-refractivity contribution in [2.75, 3.05) is 7.05 Å². The maximum atomic E-state index is 14.0. The molecule has 20 heavy (non-hydrogen) atoms. The van der Waals surface area contributed by atoms with Crippen LogP contribution < -0.4 is 5.32 Å². The quantitative estimate of drug-likeness (QED) is 0.862. The minimum absolute atomic E-state index is 0.191. The lowest BCUT2D eigenvalue weighted by atomic mass is 9.97. The van der Waals surface area contributed by atoms with E-state index in [1.165, 1.54) is 0 Å². The highest BCUT2D eigenvalue weighted by Gasteiger charge is 2.16. The molecule has 1 atom stereocenters. The average molecular weight is 340 g/mol. The van der Waals surface area contributed by atoms with E-state index < -0.39 is 11.6 Å². The second-order valence-electron chi connectivity index (χ2n) is 4.80. The first kappa shape index (κ1) is 15.1. The van der Waals surface area contributed by atoms with E-state index in [-0.39, 0.29) is 6.04 Å². The molecular formula is C16H16BrF2N. The average Bonchev–Trinajstić information content (AvgIpc) is 2.40. The Kier molecular flexibility index (Phi) is 4.89. The first-order valence-corrected chi connectivity index (χ1v) is 7.18. The second kappa shape index (κ2) is 6.46. The zero-order valence-corrected chi connectivity index (χ0v) is 13.0. The first-order valence-electron chi connectivity index (χ1n) is 6.38. The van der Waals surface area contributed by atoms with Crippen LogP contribution in [0.15, 0.2) is 40.9 Å². The molecule has 0 aliphatic rings. The molecule has 2 aromatic carbocycles. The summed E-state index contributed by atoms with van der Waals surface area (Å²) < 4.78 is 28.3. The molecule has 0 saturated carbocycles. The number of hydrogen-bond donors (Lipinski definition) is 1. The Labute approximate surface area is 126 Å². The van der Waals surface area contributed by atoms with Crippen molar-refractivity contribution in [2.45, 2.75) is 19.4 Å². The van der Waals surface area contributed by atoms with Crippen LogP contribution >= 0.6 is 15.9 Å². The summed E-state index contributed by atoms with van der Waals surface area (Å²) in [4.78, 5) is 0. The molecule has 0 aliphatic heterocycles. The van der Waals surface area contributed by atoms with Gasteiger partial charge in [0.25, 0.3) is 0 Å². The number of aryl methyl sites for hydroxylation is 1. The Morgan fingerprint density at radius 2 is 1.90 bits per heavy atom. The zero-order valence-electron chi connectivity index (χ0n) is 11.4. The highest BCUT2D eigenvalue weighted by Crippen LogP contribution is 2.24. The lowest BCUT2D eigenvalue weighted by Gasteiger charge is -2.18. The molecular weight excluding hydrogens is 324 g/mol.